The van der Waals surface area contributed by atoms with E-state index in [0.717, 1.165) is 6.42 Å². The zero-order valence-electron chi connectivity index (χ0n) is 9.95. The lowest BCUT2D eigenvalue weighted by atomic mass is 10.3. The molecular weight excluding hydrogens is 238 g/mol. The van der Waals surface area contributed by atoms with Crippen LogP contribution in [0.25, 0.3) is 0 Å². The molecule has 1 heterocycles. The van der Waals surface area contributed by atoms with E-state index in [4.69, 9.17) is 0 Å². The van der Waals surface area contributed by atoms with E-state index in [1.807, 2.05) is 11.4 Å². The monoisotopic (exact) mass is 255 g/mol. The number of hydrogen-bond donors (Lipinski definition) is 3. The molecule has 94 valence electrons. The lowest BCUT2D eigenvalue weighted by molar-refractivity contribution is -0.121. The number of thiophene rings is 1. The average Bonchev–Trinajstić information content (AvgIpc) is 2.81. The summed E-state index contributed by atoms with van der Waals surface area (Å²) in [5.41, 5.74) is 0. The third-order valence-electron chi connectivity index (χ3n) is 2.26. The summed E-state index contributed by atoms with van der Waals surface area (Å²) < 4.78 is 0. The Balaban J connectivity index is 2.22. The van der Waals surface area contributed by atoms with Crippen LogP contribution in [0.3, 0.4) is 0 Å². The molecular formula is C11H17N3O2S. The molecule has 0 saturated heterocycles. The predicted octanol–water partition coefficient (Wildman–Crippen LogP) is 0.724. The SMILES string of the molecule is CNC(=O)NC(=O)C(C)NCCc1cccs1. The highest BCUT2D eigenvalue weighted by atomic mass is 32.1. The summed E-state index contributed by atoms with van der Waals surface area (Å²) >= 11 is 1.69. The van der Waals surface area contributed by atoms with Gasteiger partial charge in [-0.15, -0.1) is 11.3 Å². The van der Waals surface area contributed by atoms with E-state index in [2.05, 4.69) is 22.0 Å². The second-order valence-electron chi connectivity index (χ2n) is 3.57. The smallest absolute Gasteiger partial charge is 0.321 e. The van der Waals surface area contributed by atoms with Crippen molar-refractivity contribution in [3.8, 4) is 0 Å². The van der Waals surface area contributed by atoms with Crippen LogP contribution in [0.1, 0.15) is 11.8 Å². The van der Waals surface area contributed by atoms with Crippen molar-refractivity contribution in [1.29, 1.82) is 0 Å². The molecule has 6 heteroatoms. The van der Waals surface area contributed by atoms with E-state index in [1.165, 1.54) is 11.9 Å². The Hall–Kier alpha value is -1.40. The fraction of sp³-hybridized carbons (Fsp3) is 0.455. The number of rotatable bonds is 5. The van der Waals surface area contributed by atoms with Crippen LogP contribution in [0.5, 0.6) is 0 Å². The standard InChI is InChI=1S/C11H17N3O2S/c1-8(10(15)14-11(16)12-2)13-6-5-9-4-3-7-17-9/h3-4,7-8,13H,5-6H2,1-2H3,(H2,12,14,15,16). The minimum Gasteiger partial charge on any atom is -0.341 e. The van der Waals surface area contributed by atoms with E-state index in [-0.39, 0.29) is 11.9 Å². The molecule has 5 nitrogen and oxygen atoms in total. The van der Waals surface area contributed by atoms with E-state index in [9.17, 15) is 9.59 Å². The van der Waals surface area contributed by atoms with Gasteiger partial charge < -0.3 is 10.6 Å². The van der Waals surface area contributed by atoms with Gasteiger partial charge in [-0.3, -0.25) is 10.1 Å². The van der Waals surface area contributed by atoms with E-state index in [1.54, 1.807) is 18.3 Å². The molecule has 3 amide bonds. The maximum atomic E-state index is 11.5. The first-order valence-electron chi connectivity index (χ1n) is 5.42. The number of amides is 3. The quantitative estimate of drug-likeness (QED) is 0.726. The highest BCUT2D eigenvalue weighted by Crippen LogP contribution is 2.08. The van der Waals surface area contributed by atoms with Crippen LogP contribution in [0.4, 0.5) is 4.79 Å². The van der Waals surface area contributed by atoms with Gasteiger partial charge in [0.1, 0.15) is 0 Å². The Bertz CT molecular complexity index is 365. The van der Waals surface area contributed by atoms with Crippen LogP contribution in [0.2, 0.25) is 0 Å². The molecule has 3 N–H and O–H groups in total. The van der Waals surface area contributed by atoms with Gasteiger partial charge >= 0.3 is 6.03 Å². The first-order chi connectivity index (χ1) is 8.13. The van der Waals surface area contributed by atoms with Gasteiger partial charge in [-0.25, -0.2) is 4.79 Å². The van der Waals surface area contributed by atoms with Crippen LogP contribution in [-0.4, -0.2) is 31.6 Å². The van der Waals surface area contributed by atoms with Gasteiger partial charge in [0.2, 0.25) is 5.91 Å². The maximum Gasteiger partial charge on any atom is 0.321 e. The summed E-state index contributed by atoms with van der Waals surface area (Å²) in [6.45, 7) is 2.44. The van der Waals surface area contributed by atoms with Crippen molar-refractivity contribution in [3.05, 3.63) is 22.4 Å². The Morgan fingerprint density at radius 2 is 2.24 bits per heavy atom. The third kappa shape index (κ3) is 4.97. The first kappa shape index (κ1) is 13.7. The molecule has 1 atom stereocenters. The Morgan fingerprint density at radius 1 is 1.47 bits per heavy atom. The van der Waals surface area contributed by atoms with Gasteiger partial charge in [-0.2, -0.15) is 0 Å². The minimum absolute atomic E-state index is 0.324. The van der Waals surface area contributed by atoms with Gasteiger partial charge in [0.05, 0.1) is 6.04 Å². The van der Waals surface area contributed by atoms with Crippen molar-refractivity contribution in [3.63, 3.8) is 0 Å². The summed E-state index contributed by atoms with van der Waals surface area (Å²) in [5.74, 6) is -0.324. The normalized spacial score (nSPS) is 11.9. The molecule has 17 heavy (non-hydrogen) atoms. The second-order valence-corrected chi connectivity index (χ2v) is 4.61. The molecule has 1 unspecified atom stereocenters. The van der Waals surface area contributed by atoms with Crippen molar-refractivity contribution >= 4 is 23.3 Å². The fourth-order valence-corrected chi connectivity index (χ4v) is 1.95. The van der Waals surface area contributed by atoms with E-state index in [0.29, 0.717) is 6.54 Å². The molecule has 0 aliphatic heterocycles. The molecule has 0 saturated carbocycles. The van der Waals surface area contributed by atoms with Crippen LogP contribution in [-0.2, 0) is 11.2 Å². The van der Waals surface area contributed by atoms with Crippen molar-refractivity contribution < 1.29 is 9.59 Å². The van der Waals surface area contributed by atoms with Crippen molar-refractivity contribution in [2.24, 2.45) is 0 Å². The van der Waals surface area contributed by atoms with Crippen molar-refractivity contribution in [2.45, 2.75) is 19.4 Å². The zero-order valence-corrected chi connectivity index (χ0v) is 10.8. The number of carbonyl (C=O) groups is 2. The van der Waals surface area contributed by atoms with Gasteiger partial charge in [0.25, 0.3) is 0 Å². The van der Waals surface area contributed by atoms with Crippen LogP contribution >= 0.6 is 11.3 Å². The summed E-state index contributed by atoms with van der Waals surface area (Å²) in [7, 11) is 1.47. The van der Waals surface area contributed by atoms with E-state index < -0.39 is 6.03 Å². The summed E-state index contributed by atoms with van der Waals surface area (Å²) in [6.07, 6.45) is 0.884. The number of urea groups is 1. The fourth-order valence-electron chi connectivity index (χ4n) is 1.24. The van der Waals surface area contributed by atoms with Crippen molar-refractivity contribution in [1.82, 2.24) is 16.0 Å². The van der Waals surface area contributed by atoms with Gasteiger partial charge in [-0.05, 0) is 24.8 Å². The summed E-state index contributed by atoms with van der Waals surface area (Å²) in [5, 5.41) is 9.65. The van der Waals surface area contributed by atoms with Crippen LogP contribution in [0.15, 0.2) is 17.5 Å². The van der Waals surface area contributed by atoms with Gasteiger partial charge in [0, 0.05) is 18.5 Å². The lowest BCUT2D eigenvalue weighted by Crippen LogP contribution is -2.47. The molecule has 1 aromatic heterocycles. The molecule has 0 aromatic carbocycles. The highest BCUT2D eigenvalue weighted by Gasteiger charge is 2.13. The molecule has 0 fully saturated rings. The van der Waals surface area contributed by atoms with E-state index >= 15 is 0 Å². The molecule has 1 aromatic rings. The van der Waals surface area contributed by atoms with Crippen LogP contribution in [0, 0.1) is 0 Å². The molecule has 0 aliphatic carbocycles. The Kier molecular flexibility index (Phi) is 5.65. The zero-order chi connectivity index (χ0) is 12.7. The number of carbonyl (C=O) groups excluding carboxylic acids is 2. The Morgan fingerprint density at radius 3 is 2.82 bits per heavy atom. The maximum absolute atomic E-state index is 11.5. The van der Waals surface area contributed by atoms with Crippen LogP contribution < -0.4 is 16.0 Å². The molecule has 0 spiro atoms. The second kappa shape index (κ2) is 7.03. The first-order valence-corrected chi connectivity index (χ1v) is 6.29. The largest absolute Gasteiger partial charge is 0.341 e. The number of imide groups is 1. The number of nitrogens with one attached hydrogen (secondary N) is 3. The van der Waals surface area contributed by atoms with Crippen molar-refractivity contribution in [2.75, 3.05) is 13.6 Å². The summed E-state index contributed by atoms with van der Waals surface area (Å²) in [6, 6.07) is 3.19. The molecule has 0 bridgehead atoms. The minimum atomic E-state index is -0.484. The molecule has 0 aliphatic rings. The number of hydrogen-bond acceptors (Lipinski definition) is 4. The average molecular weight is 255 g/mol. The predicted molar refractivity (Wildman–Crippen MR) is 68.1 cm³/mol. The van der Waals surface area contributed by atoms with Gasteiger partial charge in [-0.1, -0.05) is 6.07 Å². The van der Waals surface area contributed by atoms with Gasteiger partial charge in [0.15, 0.2) is 0 Å². The summed E-state index contributed by atoms with van der Waals surface area (Å²) in [4.78, 5) is 23.7. The Labute approximate surface area is 105 Å². The molecule has 1 rings (SSSR count). The molecule has 0 radical (unpaired) electrons. The highest BCUT2D eigenvalue weighted by molar-refractivity contribution is 7.09. The lowest BCUT2D eigenvalue weighted by Gasteiger charge is -2.12. The third-order valence-corrected chi connectivity index (χ3v) is 3.20. The topological polar surface area (TPSA) is 70.2 Å².